The van der Waals surface area contributed by atoms with Crippen molar-refractivity contribution in [3.63, 3.8) is 0 Å². The molecule has 0 bridgehead atoms. The second-order valence-electron chi connectivity index (χ2n) is 3.18. The van der Waals surface area contributed by atoms with E-state index < -0.39 is 34.3 Å². The number of alkyl halides is 3. The number of carbonyl (C=O) groups is 1. The van der Waals surface area contributed by atoms with E-state index in [0.717, 1.165) is 12.1 Å². The first kappa shape index (κ1) is 14.6. The number of hydrogen-bond acceptors (Lipinski definition) is 4. The number of aromatic nitrogens is 1. The number of pyridine rings is 1. The quantitative estimate of drug-likeness (QED) is 0.789. The molecule has 0 aliphatic heterocycles. The van der Waals surface area contributed by atoms with Crippen molar-refractivity contribution in [2.24, 2.45) is 0 Å². The lowest BCUT2D eigenvalue weighted by molar-refractivity contribution is -0.140. The van der Waals surface area contributed by atoms with E-state index in [1.165, 1.54) is 0 Å². The Labute approximate surface area is 104 Å². The van der Waals surface area contributed by atoms with Crippen LogP contribution in [-0.4, -0.2) is 27.5 Å². The molecule has 0 N–H and O–H groups in total. The maximum atomic E-state index is 12.2. The Bertz CT molecular complexity index is 445. The van der Waals surface area contributed by atoms with Gasteiger partial charge in [-0.2, -0.15) is 13.2 Å². The van der Waals surface area contributed by atoms with Gasteiger partial charge in [0.25, 0.3) is 0 Å². The molecule has 0 unspecified atom stereocenters. The first-order valence-electron chi connectivity index (χ1n) is 4.92. The van der Waals surface area contributed by atoms with E-state index in [2.05, 4.69) is 9.72 Å². The topological polar surface area (TPSA) is 56.3 Å². The van der Waals surface area contributed by atoms with Gasteiger partial charge in [-0.25, -0.2) is 4.98 Å². The second-order valence-corrected chi connectivity index (χ2v) is 4.58. The van der Waals surface area contributed by atoms with E-state index >= 15 is 0 Å². The van der Waals surface area contributed by atoms with Gasteiger partial charge in [0.05, 0.1) is 23.0 Å². The van der Waals surface area contributed by atoms with Gasteiger partial charge in [-0.05, 0) is 19.1 Å². The maximum absolute atomic E-state index is 12.2. The molecule has 1 atom stereocenters. The third kappa shape index (κ3) is 4.10. The lowest BCUT2D eigenvalue weighted by Crippen LogP contribution is -2.15. The molecule has 0 aliphatic rings. The Balaban J connectivity index is 2.74. The molecule has 0 aliphatic carbocycles. The highest BCUT2D eigenvalue weighted by Gasteiger charge is 2.30. The molecule has 18 heavy (non-hydrogen) atoms. The number of nitrogens with zero attached hydrogens (tertiary/aromatic N) is 1. The molecule has 0 amide bonds. The summed E-state index contributed by atoms with van der Waals surface area (Å²) in [6.45, 7) is 1.74. The molecule has 1 aromatic heterocycles. The summed E-state index contributed by atoms with van der Waals surface area (Å²) in [5.41, 5.74) is -0.931. The average Bonchev–Trinajstić information content (AvgIpc) is 2.28. The Kier molecular flexibility index (Phi) is 4.83. The van der Waals surface area contributed by atoms with Crippen LogP contribution >= 0.6 is 0 Å². The molecular weight excluding hydrogens is 271 g/mol. The molecule has 1 aromatic rings. The van der Waals surface area contributed by atoms with Gasteiger partial charge >= 0.3 is 12.1 Å². The number of hydrogen-bond donors (Lipinski definition) is 0. The van der Waals surface area contributed by atoms with Crippen LogP contribution in [0.3, 0.4) is 0 Å². The molecule has 0 aromatic carbocycles. The molecule has 8 heteroatoms. The highest BCUT2D eigenvalue weighted by molar-refractivity contribution is 7.85. The van der Waals surface area contributed by atoms with Crippen LogP contribution < -0.4 is 0 Å². The van der Waals surface area contributed by atoms with Crippen LogP contribution in [0.4, 0.5) is 13.2 Å². The Morgan fingerprint density at radius 1 is 1.44 bits per heavy atom. The molecule has 0 saturated carbocycles. The van der Waals surface area contributed by atoms with Crippen molar-refractivity contribution in [3.05, 3.63) is 23.9 Å². The van der Waals surface area contributed by atoms with Crippen molar-refractivity contribution in [2.75, 3.05) is 12.4 Å². The van der Waals surface area contributed by atoms with Gasteiger partial charge in [0.2, 0.25) is 0 Å². The van der Waals surface area contributed by atoms with Gasteiger partial charge < -0.3 is 4.74 Å². The van der Waals surface area contributed by atoms with Crippen LogP contribution in [0.2, 0.25) is 0 Å². The van der Waals surface area contributed by atoms with E-state index in [1.807, 2.05) is 0 Å². The van der Waals surface area contributed by atoms with Gasteiger partial charge in [0, 0.05) is 6.20 Å². The second kappa shape index (κ2) is 5.94. The lowest BCUT2D eigenvalue weighted by atomic mass is 10.3. The van der Waals surface area contributed by atoms with Gasteiger partial charge in [-0.1, -0.05) is 0 Å². The third-order valence-corrected chi connectivity index (χ3v) is 3.06. The van der Waals surface area contributed by atoms with Gasteiger partial charge in [0.1, 0.15) is 10.8 Å². The summed E-state index contributed by atoms with van der Waals surface area (Å²) >= 11 is 0. The first-order valence-corrected chi connectivity index (χ1v) is 6.23. The SMILES string of the molecule is CCOC(=O)C[S@](=O)c1ccc(C(F)(F)F)cn1. The van der Waals surface area contributed by atoms with Crippen molar-refractivity contribution in [2.45, 2.75) is 18.1 Å². The van der Waals surface area contributed by atoms with Crippen LogP contribution in [0.5, 0.6) is 0 Å². The zero-order chi connectivity index (χ0) is 13.8. The van der Waals surface area contributed by atoms with Crippen molar-refractivity contribution in [3.8, 4) is 0 Å². The molecule has 4 nitrogen and oxygen atoms in total. The number of ether oxygens (including phenoxy) is 1. The van der Waals surface area contributed by atoms with Crippen molar-refractivity contribution in [1.82, 2.24) is 4.98 Å². The number of rotatable bonds is 4. The predicted octanol–water partition coefficient (Wildman–Crippen LogP) is 1.77. The summed E-state index contributed by atoms with van der Waals surface area (Å²) < 4.78 is 52.9. The van der Waals surface area contributed by atoms with Crippen LogP contribution in [0.1, 0.15) is 12.5 Å². The highest BCUT2D eigenvalue weighted by atomic mass is 32.2. The Hall–Kier alpha value is -1.44. The van der Waals surface area contributed by atoms with Crippen molar-refractivity contribution < 1.29 is 26.9 Å². The van der Waals surface area contributed by atoms with Crippen LogP contribution in [-0.2, 0) is 26.5 Å². The summed E-state index contributed by atoms with van der Waals surface area (Å²) in [7, 11) is -1.80. The molecule has 1 heterocycles. The summed E-state index contributed by atoms with van der Waals surface area (Å²) in [6, 6.07) is 1.75. The van der Waals surface area contributed by atoms with E-state index in [0.29, 0.717) is 6.20 Å². The van der Waals surface area contributed by atoms with Gasteiger partial charge in [0.15, 0.2) is 0 Å². The number of carbonyl (C=O) groups excluding carboxylic acids is 1. The summed E-state index contributed by atoms with van der Waals surface area (Å²) in [6.07, 6.45) is -3.91. The maximum Gasteiger partial charge on any atom is 0.417 e. The summed E-state index contributed by atoms with van der Waals surface area (Å²) in [4.78, 5) is 14.5. The van der Waals surface area contributed by atoms with E-state index in [4.69, 9.17) is 0 Å². The molecule has 0 spiro atoms. The largest absolute Gasteiger partial charge is 0.465 e. The van der Waals surface area contributed by atoms with Gasteiger partial charge in [-0.3, -0.25) is 9.00 Å². The molecular formula is C10H10F3NO3S. The first-order chi connectivity index (χ1) is 8.34. The lowest BCUT2D eigenvalue weighted by Gasteiger charge is -2.06. The fourth-order valence-electron chi connectivity index (χ4n) is 1.07. The van der Waals surface area contributed by atoms with E-state index in [-0.39, 0.29) is 11.6 Å². The Morgan fingerprint density at radius 3 is 2.56 bits per heavy atom. The van der Waals surface area contributed by atoms with Crippen LogP contribution in [0.25, 0.3) is 0 Å². The molecule has 0 radical (unpaired) electrons. The standard InChI is InChI=1S/C10H10F3NO3S/c1-2-17-9(15)6-18(16)8-4-3-7(5-14-8)10(11,12)13/h3-5H,2,6H2,1H3/t18-/m0/s1. The number of halogens is 3. The fraction of sp³-hybridized carbons (Fsp3) is 0.400. The molecule has 100 valence electrons. The smallest absolute Gasteiger partial charge is 0.417 e. The summed E-state index contributed by atoms with van der Waals surface area (Å²) in [5, 5.41) is -0.0870. The van der Waals surface area contributed by atoms with Crippen LogP contribution in [0.15, 0.2) is 23.4 Å². The van der Waals surface area contributed by atoms with Crippen molar-refractivity contribution in [1.29, 1.82) is 0 Å². The minimum absolute atomic E-state index is 0.0870. The Morgan fingerprint density at radius 2 is 2.11 bits per heavy atom. The van der Waals surface area contributed by atoms with E-state index in [9.17, 15) is 22.2 Å². The normalized spacial score (nSPS) is 13.1. The monoisotopic (exact) mass is 281 g/mol. The average molecular weight is 281 g/mol. The molecule has 0 fully saturated rings. The fourth-order valence-corrected chi connectivity index (χ4v) is 1.90. The zero-order valence-corrected chi connectivity index (χ0v) is 10.2. The summed E-state index contributed by atoms with van der Waals surface area (Å²) in [5.74, 6) is -1.11. The van der Waals surface area contributed by atoms with Crippen molar-refractivity contribution >= 4 is 16.8 Å². The highest BCUT2D eigenvalue weighted by Crippen LogP contribution is 2.28. The molecule has 1 rings (SSSR count). The van der Waals surface area contributed by atoms with Gasteiger partial charge in [-0.15, -0.1) is 0 Å². The zero-order valence-electron chi connectivity index (χ0n) is 9.36. The van der Waals surface area contributed by atoms with E-state index in [1.54, 1.807) is 6.92 Å². The molecule has 0 saturated heterocycles. The minimum atomic E-state index is -4.49. The predicted molar refractivity (Wildman–Crippen MR) is 57.1 cm³/mol. The third-order valence-electron chi connectivity index (χ3n) is 1.85. The van der Waals surface area contributed by atoms with Crippen LogP contribution in [0, 0.1) is 0 Å². The number of esters is 1. The minimum Gasteiger partial charge on any atom is -0.465 e.